The van der Waals surface area contributed by atoms with Gasteiger partial charge in [0, 0.05) is 5.54 Å². The lowest BCUT2D eigenvalue weighted by Crippen LogP contribution is -2.49. The number of hydrogen-bond acceptors (Lipinski definition) is 2. The first-order valence-electron chi connectivity index (χ1n) is 4.61. The lowest BCUT2D eigenvalue weighted by Gasteiger charge is -2.34. The zero-order valence-electron chi connectivity index (χ0n) is 9.14. The number of nitrogens with two attached hydrogens (primary N) is 1. The first kappa shape index (κ1) is 12.0. The Morgan fingerprint density at radius 1 is 1.13 bits per heavy atom. The van der Waals surface area contributed by atoms with Crippen molar-refractivity contribution in [1.82, 2.24) is 0 Å². The van der Waals surface area contributed by atoms with Crippen LogP contribution in [0.1, 0.15) is 20.8 Å². The molecule has 0 aliphatic rings. The lowest BCUT2D eigenvalue weighted by molar-refractivity contribution is 0.537. The third-order valence-corrected chi connectivity index (χ3v) is 3.12. The van der Waals surface area contributed by atoms with Crippen LogP contribution in [0.5, 0.6) is 0 Å². The molecule has 1 aromatic rings. The Balaban J connectivity index is 3.27. The first-order valence-corrected chi connectivity index (χ1v) is 6.11. The lowest BCUT2D eigenvalue weighted by atomic mass is 10.1. The molecular formula is C10H16N2O2S. The Kier molecular flexibility index (Phi) is 3.06. The van der Waals surface area contributed by atoms with E-state index in [0.717, 1.165) is 0 Å². The summed E-state index contributed by atoms with van der Waals surface area (Å²) in [4.78, 5) is 0. The summed E-state index contributed by atoms with van der Waals surface area (Å²) in [5, 5.41) is 5.20. The number of nitrogens with zero attached hydrogens (tertiary/aromatic N) is 1. The Labute approximate surface area is 90.9 Å². The van der Waals surface area contributed by atoms with E-state index in [-0.39, 0.29) is 0 Å². The highest BCUT2D eigenvalue weighted by molar-refractivity contribution is 7.90. The topological polar surface area (TPSA) is 63.4 Å². The van der Waals surface area contributed by atoms with Gasteiger partial charge in [0.05, 0.1) is 5.69 Å². The minimum Gasteiger partial charge on any atom is -0.253 e. The minimum atomic E-state index is -3.74. The second kappa shape index (κ2) is 3.83. The normalized spacial score (nSPS) is 12.5. The Morgan fingerprint density at radius 2 is 1.60 bits per heavy atom. The fourth-order valence-corrected chi connectivity index (χ4v) is 2.66. The molecule has 0 aliphatic carbocycles. The van der Waals surface area contributed by atoms with Crippen molar-refractivity contribution in [2.75, 3.05) is 4.31 Å². The zero-order valence-corrected chi connectivity index (χ0v) is 9.95. The Morgan fingerprint density at radius 3 is 1.93 bits per heavy atom. The molecule has 0 saturated carbocycles. The number of anilines is 1. The second-order valence-electron chi connectivity index (χ2n) is 4.32. The van der Waals surface area contributed by atoms with Crippen LogP contribution < -0.4 is 9.44 Å². The molecule has 84 valence electrons. The van der Waals surface area contributed by atoms with Crippen molar-refractivity contribution in [3.8, 4) is 0 Å². The number of rotatable bonds is 2. The van der Waals surface area contributed by atoms with Gasteiger partial charge < -0.3 is 0 Å². The van der Waals surface area contributed by atoms with E-state index >= 15 is 0 Å². The van der Waals surface area contributed by atoms with Gasteiger partial charge in [0.1, 0.15) is 0 Å². The van der Waals surface area contributed by atoms with Crippen LogP contribution in [-0.2, 0) is 10.2 Å². The molecule has 0 fully saturated rings. The van der Waals surface area contributed by atoms with Crippen LogP contribution in [0.2, 0.25) is 0 Å². The molecule has 0 heterocycles. The van der Waals surface area contributed by atoms with Gasteiger partial charge in [0.2, 0.25) is 0 Å². The number of benzene rings is 1. The zero-order chi connectivity index (χ0) is 11.7. The highest BCUT2D eigenvalue weighted by atomic mass is 32.2. The van der Waals surface area contributed by atoms with E-state index in [9.17, 15) is 8.42 Å². The minimum absolute atomic E-state index is 0.574. The standard InChI is InChI=1S/C10H16N2O2S/c1-10(2,3)12(15(11,13)14)9-7-5-4-6-8-9/h4-8H,1-3H3,(H2,11,13,14). The van der Waals surface area contributed by atoms with Crippen LogP contribution in [0.25, 0.3) is 0 Å². The van der Waals surface area contributed by atoms with E-state index in [1.54, 1.807) is 45.0 Å². The third kappa shape index (κ3) is 2.94. The SMILES string of the molecule is CC(C)(C)N(c1ccccc1)S(N)(=O)=O. The van der Waals surface area contributed by atoms with Gasteiger partial charge in [0.25, 0.3) is 10.2 Å². The van der Waals surface area contributed by atoms with Crippen molar-refractivity contribution in [2.24, 2.45) is 5.14 Å². The molecule has 1 rings (SSSR count). The average molecular weight is 228 g/mol. The molecule has 0 amide bonds. The average Bonchev–Trinajstić information content (AvgIpc) is 2.00. The second-order valence-corrected chi connectivity index (χ2v) is 5.71. The molecule has 2 N–H and O–H groups in total. The number of hydrogen-bond donors (Lipinski definition) is 1. The Bertz CT molecular complexity index is 420. The molecule has 0 spiro atoms. The molecule has 15 heavy (non-hydrogen) atoms. The predicted molar refractivity (Wildman–Crippen MR) is 61.8 cm³/mol. The van der Waals surface area contributed by atoms with Crippen LogP contribution in [-0.4, -0.2) is 14.0 Å². The van der Waals surface area contributed by atoms with E-state index < -0.39 is 15.7 Å². The Hall–Kier alpha value is -1.07. The van der Waals surface area contributed by atoms with Gasteiger partial charge in [-0.3, -0.25) is 4.31 Å². The van der Waals surface area contributed by atoms with E-state index in [2.05, 4.69) is 0 Å². The molecule has 1 aromatic carbocycles. The molecule has 0 radical (unpaired) electrons. The molecule has 5 heteroatoms. The van der Waals surface area contributed by atoms with Gasteiger partial charge in [-0.15, -0.1) is 0 Å². The van der Waals surface area contributed by atoms with Crippen molar-refractivity contribution < 1.29 is 8.42 Å². The van der Waals surface area contributed by atoms with Crippen molar-refractivity contribution >= 4 is 15.9 Å². The van der Waals surface area contributed by atoms with E-state index in [1.807, 2.05) is 6.07 Å². The van der Waals surface area contributed by atoms with Crippen LogP contribution in [0.15, 0.2) is 30.3 Å². The van der Waals surface area contributed by atoms with Gasteiger partial charge in [-0.1, -0.05) is 18.2 Å². The maximum Gasteiger partial charge on any atom is 0.299 e. The molecule has 0 bridgehead atoms. The molecule has 4 nitrogen and oxygen atoms in total. The van der Waals surface area contributed by atoms with Gasteiger partial charge in [0.15, 0.2) is 0 Å². The summed E-state index contributed by atoms with van der Waals surface area (Å²) in [5.41, 5.74) is 0.00192. The highest BCUT2D eigenvalue weighted by Crippen LogP contribution is 2.25. The molecule has 0 unspecified atom stereocenters. The van der Waals surface area contributed by atoms with Crippen LogP contribution in [0, 0.1) is 0 Å². The van der Waals surface area contributed by atoms with Gasteiger partial charge in [-0.2, -0.15) is 8.42 Å². The van der Waals surface area contributed by atoms with E-state index in [0.29, 0.717) is 5.69 Å². The highest BCUT2D eigenvalue weighted by Gasteiger charge is 2.29. The van der Waals surface area contributed by atoms with Crippen molar-refractivity contribution in [2.45, 2.75) is 26.3 Å². The first-order chi connectivity index (χ1) is 6.73. The van der Waals surface area contributed by atoms with Crippen molar-refractivity contribution in [3.05, 3.63) is 30.3 Å². The number of para-hydroxylation sites is 1. The molecular weight excluding hydrogens is 212 g/mol. The van der Waals surface area contributed by atoms with Crippen molar-refractivity contribution in [3.63, 3.8) is 0 Å². The van der Waals surface area contributed by atoms with Crippen LogP contribution in [0.3, 0.4) is 0 Å². The predicted octanol–water partition coefficient (Wildman–Crippen LogP) is 1.50. The largest absolute Gasteiger partial charge is 0.299 e. The van der Waals surface area contributed by atoms with E-state index in [4.69, 9.17) is 5.14 Å². The maximum absolute atomic E-state index is 11.5. The summed E-state index contributed by atoms with van der Waals surface area (Å²) in [6, 6.07) is 8.82. The van der Waals surface area contributed by atoms with Crippen LogP contribution in [0.4, 0.5) is 5.69 Å². The molecule has 0 saturated heterocycles. The molecule has 0 aromatic heterocycles. The quantitative estimate of drug-likeness (QED) is 0.833. The molecule has 0 aliphatic heterocycles. The van der Waals surface area contributed by atoms with Crippen molar-refractivity contribution in [1.29, 1.82) is 0 Å². The summed E-state index contributed by atoms with van der Waals surface area (Å²) in [7, 11) is -3.74. The van der Waals surface area contributed by atoms with Gasteiger partial charge >= 0.3 is 0 Å². The smallest absolute Gasteiger partial charge is 0.253 e. The summed E-state index contributed by atoms with van der Waals surface area (Å²) in [6.07, 6.45) is 0. The summed E-state index contributed by atoms with van der Waals surface area (Å²) in [6.45, 7) is 5.39. The summed E-state index contributed by atoms with van der Waals surface area (Å²) >= 11 is 0. The van der Waals surface area contributed by atoms with Gasteiger partial charge in [-0.05, 0) is 32.9 Å². The van der Waals surface area contributed by atoms with Gasteiger partial charge in [-0.25, -0.2) is 5.14 Å². The monoisotopic (exact) mass is 228 g/mol. The fraction of sp³-hybridized carbons (Fsp3) is 0.400. The maximum atomic E-state index is 11.5. The fourth-order valence-electron chi connectivity index (χ4n) is 1.48. The van der Waals surface area contributed by atoms with Crippen LogP contribution >= 0.6 is 0 Å². The van der Waals surface area contributed by atoms with E-state index in [1.165, 1.54) is 4.31 Å². The summed E-state index contributed by atoms with van der Waals surface area (Å²) < 4.78 is 24.2. The summed E-state index contributed by atoms with van der Waals surface area (Å²) in [5.74, 6) is 0. The third-order valence-electron chi connectivity index (χ3n) is 1.85. The molecule has 0 atom stereocenters.